The molecule has 1 heterocycles. The number of carbonyl (C=O) groups is 1. The zero-order valence-corrected chi connectivity index (χ0v) is 9.20. The van der Waals surface area contributed by atoms with Crippen LogP contribution in [0.1, 0.15) is 24.3 Å². The summed E-state index contributed by atoms with van der Waals surface area (Å²) >= 11 is 0. The maximum Gasteiger partial charge on any atom is 0.272 e. The third-order valence-electron chi connectivity index (χ3n) is 1.92. The molecular weight excluding hydrogens is 195 g/mol. The summed E-state index contributed by atoms with van der Waals surface area (Å²) < 4.78 is 12.8. The molecule has 0 atom stereocenters. The van der Waals surface area contributed by atoms with Crippen LogP contribution in [0.3, 0.4) is 0 Å². The van der Waals surface area contributed by atoms with E-state index < -0.39 is 5.95 Å². The van der Waals surface area contributed by atoms with E-state index in [1.165, 1.54) is 18.2 Å². The summed E-state index contributed by atoms with van der Waals surface area (Å²) in [6.45, 7) is 4.67. The molecule has 82 valence electrons. The number of hydrogen-bond acceptors (Lipinski definition) is 2. The topological polar surface area (TPSA) is 33.2 Å². The van der Waals surface area contributed by atoms with E-state index >= 15 is 0 Å². The van der Waals surface area contributed by atoms with Crippen LogP contribution in [0, 0.1) is 11.9 Å². The maximum atomic E-state index is 12.8. The minimum absolute atomic E-state index is 0.151. The van der Waals surface area contributed by atoms with Crippen LogP contribution < -0.4 is 0 Å². The third-order valence-corrected chi connectivity index (χ3v) is 1.92. The normalized spacial score (nSPS) is 10.5. The molecule has 0 unspecified atom stereocenters. The van der Waals surface area contributed by atoms with Crippen molar-refractivity contribution in [2.45, 2.75) is 13.8 Å². The van der Waals surface area contributed by atoms with Gasteiger partial charge in [0.15, 0.2) is 0 Å². The van der Waals surface area contributed by atoms with Crippen molar-refractivity contribution in [1.29, 1.82) is 0 Å². The first-order chi connectivity index (χ1) is 7.00. The van der Waals surface area contributed by atoms with Crippen molar-refractivity contribution in [3.05, 3.63) is 29.8 Å². The van der Waals surface area contributed by atoms with E-state index in [0.717, 1.165) is 0 Å². The summed E-state index contributed by atoms with van der Waals surface area (Å²) in [4.78, 5) is 16.8. The lowest BCUT2D eigenvalue weighted by Crippen LogP contribution is -2.30. The van der Waals surface area contributed by atoms with Gasteiger partial charge in [0.2, 0.25) is 5.95 Å². The SMILES string of the molecule is CC(C)CN(C)C(=O)c1cccc(F)n1. The van der Waals surface area contributed by atoms with E-state index in [1.807, 2.05) is 13.8 Å². The molecular formula is C11H15FN2O. The van der Waals surface area contributed by atoms with Gasteiger partial charge in [0.25, 0.3) is 5.91 Å². The molecule has 0 saturated heterocycles. The van der Waals surface area contributed by atoms with Crippen LogP contribution >= 0.6 is 0 Å². The number of nitrogens with zero attached hydrogens (tertiary/aromatic N) is 2. The Morgan fingerprint density at radius 3 is 2.73 bits per heavy atom. The van der Waals surface area contributed by atoms with Gasteiger partial charge in [-0.1, -0.05) is 19.9 Å². The van der Waals surface area contributed by atoms with Crippen LogP contribution in [0.5, 0.6) is 0 Å². The Hall–Kier alpha value is -1.45. The second kappa shape index (κ2) is 4.87. The summed E-state index contributed by atoms with van der Waals surface area (Å²) in [6, 6.07) is 4.22. The molecule has 1 amide bonds. The monoisotopic (exact) mass is 210 g/mol. The maximum absolute atomic E-state index is 12.8. The van der Waals surface area contributed by atoms with Crippen LogP contribution in [0.4, 0.5) is 4.39 Å². The van der Waals surface area contributed by atoms with Gasteiger partial charge < -0.3 is 4.90 Å². The van der Waals surface area contributed by atoms with E-state index in [2.05, 4.69) is 4.98 Å². The molecule has 1 aromatic heterocycles. The highest BCUT2D eigenvalue weighted by Crippen LogP contribution is 2.04. The summed E-state index contributed by atoms with van der Waals surface area (Å²) in [5.74, 6) is -0.491. The average molecular weight is 210 g/mol. The lowest BCUT2D eigenvalue weighted by atomic mass is 10.2. The molecule has 15 heavy (non-hydrogen) atoms. The molecule has 0 saturated carbocycles. The lowest BCUT2D eigenvalue weighted by Gasteiger charge is -2.18. The summed E-state index contributed by atoms with van der Waals surface area (Å²) in [5, 5.41) is 0. The van der Waals surface area contributed by atoms with Crippen molar-refractivity contribution < 1.29 is 9.18 Å². The highest BCUT2D eigenvalue weighted by atomic mass is 19.1. The zero-order chi connectivity index (χ0) is 11.4. The van der Waals surface area contributed by atoms with Crippen molar-refractivity contribution in [3.8, 4) is 0 Å². The molecule has 0 bridgehead atoms. The minimum atomic E-state index is -0.626. The second-order valence-corrected chi connectivity index (χ2v) is 3.93. The fraction of sp³-hybridized carbons (Fsp3) is 0.455. The molecule has 0 spiro atoms. The number of halogens is 1. The molecule has 1 rings (SSSR count). The van der Waals surface area contributed by atoms with Gasteiger partial charge in [-0.15, -0.1) is 0 Å². The predicted molar refractivity (Wildman–Crippen MR) is 56.0 cm³/mol. The number of aromatic nitrogens is 1. The molecule has 1 aromatic rings. The number of hydrogen-bond donors (Lipinski definition) is 0. The Morgan fingerprint density at radius 1 is 1.53 bits per heavy atom. The first kappa shape index (κ1) is 11.6. The Morgan fingerprint density at radius 2 is 2.20 bits per heavy atom. The van der Waals surface area contributed by atoms with E-state index in [9.17, 15) is 9.18 Å². The summed E-state index contributed by atoms with van der Waals surface area (Å²) in [5.41, 5.74) is 0.151. The molecule has 0 aliphatic rings. The predicted octanol–water partition coefficient (Wildman–Crippen LogP) is 1.95. The molecule has 0 radical (unpaired) electrons. The average Bonchev–Trinajstić information content (AvgIpc) is 2.15. The standard InChI is InChI=1S/C11H15FN2O/c1-8(2)7-14(3)11(15)9-5-4-6-10(12)13-9/h4-6,8H,7H2,1-3H3. The first-order valence-electron chi connectivity index (χ1n) is 4.88. The fourth-order valence-corrected chi connectivity index (χ4v) is 1.35. The molecule has 0 fully saturated rings. The molecule has 0 aliphatic heterocycles. The van der Waals surface area contributed by atoms with E-state index in [4.69, 9.17) is 0 Å². The molecule has 0 aliphatic carbocycles. The molecule has 3 nitrogen and oxygen atoms in total. The molecule has 0 N–H and O–H groups in total. The van der Waals surface area contributed by atoms with Crippen LogP contribution in [0.25, 0.3) is 0 Å². The number of rotatable bonds is 3. The summed E-state index contributed by atoms with van der Waals surface area (Å²) in [7, 11) is 1.69. The highest BCUT2D eigenvalue weighted by Gasteiger charge is 2.14. The van der Waals surface area contributed by atoms with E-state index in [0.29, 0.717) is 12.5 Å². The zero-order valence-electron chi connectivity index (χ0n) is 9.20. The van der Waals surface area contributed by atoms with Gasteiger partial charge in [-0.3, -0.25) is 4.79 Å². The minimum Gasteiger partial charge on any atom is -0.340 e. The van der Waals surface area contributed by atoms with Gasteiger partial charge in [0, 0.05) is 13.6 Å². The van der Waals surface area contributed by atoms with Gasteiger partial charge >= 0.3 is 0 Å². The Bertz CT molecular complexity index is 352. The van der Waals surface area contributed by atoms with Crippen LogP contribution in [0.15, 0.2) is 18.2 Å². The summed E-state index contributed by atoms with van der Waals surface area (Å²) in [6.07, 6.45) is 0. The Balaban J connectivity index is 2.76. The van der Waals surface area contributed by atoms with Crippen molar-refractivity contribution in [2.24, 2.45) is 5.92 Å². The van der Waals surface area contributed by atoms with Gasteiger partial charge in [0.1, 0.15) is 5.69 Å². The largest absolute Gasteiger partial charge is 0.340 e. The number of amides is 1. The van der Waals surface area contributed by atoms with Crippen molar-refractivity contribution >= 4 is 5.91 Å². The first-order valence-corrected chi connectivity index (χ1v) is 4.88. The lowest BCUT2D eigenvalue weighted by molar-refractivity contribution is 0.0772. The highest BCUT2D eigenvalue weighted by molar-refractivity contribution is 5.92. The van der Waals surface area contributed by atoms with Crippen molar-refractivity contribution in [3.63, 3.8) is 0 Å². The fourth-order valence-electron chi connectivity index (χ4n) is 1.35. The quantitative estimate of drug-likeness (QED) is 0.714. The van der Waals surface area contributed by atoms with Crippen LogP contribution in [-0.2, 0) is 0 Å². The third kappa shape index (κ3) is 3.31. The Kier molecular flexibility index (Phi) is 3.77. The smallest absolute Gasteiger partial charge is 0.272 e. The Labute approximate surface area is 88.9 Å². The molecule has 4 heteroatoms. The van der Waals surface area contributed by atoms with Gasteiger partial charge in [-0.25, -0.2) is 4.98 Å². The van der Waals surface area contributed by atoms with Crippen molar-refractivity contribution in [1.82, 2.24) is 9.88 Å². The second-order valence-electron chi connectivity index (χ2n) is 3.93. The van der Waals surface area contributed by atoms with Crippen LogP contribution in [-0.4, -0.2) is 29.4 Å². The van der Waals surface area contributed by atoms with Gasteiger partial charge in [-0.2, -0.15) is 4.39 Å². The van der Waals surface area contributed by atoms with Gasteiger partial charge in [0.05, 0.1) is 0 Å². The van der Waals surface area contributed by atoms with E-state index in [-0.39, 0.29) is 11.6 Å². The number of pyridine rings is 1. The van der Waals surface area contributed by atoms with Crippen LogP contribution in [0.2, 0.25) is 0 Å². The van der Waals surface area contributed by atoms with Crippen molar-refractivity contribution in [2.75, 3.05) is 13.6 Å². The molecule has 0 aromatic carbocycles. The number of carbonyl (C=O) groups excluding carboxylic acids is 1. The van der Waals surface area contributed by atoms with Gasteiger partial charge in [-0.05, 0) is 18.1 Å². The van der Waals surface area contributed by atoms with E-state index in [1.54, 1.807) is 11.9 Å².